The molecule has 5 heterocycles. The summed E-state index contributed by atoms with van der Waals surface area (Å²) < 4.78 is 39.2. The van der Waals surface area contributed by atoms with Crippen LogP contribution in [0.3, 0.4) is 0 Å². The summed E-state index contributed by atoms with van der Waals surface area (Å²) in [7, 11) is 0. The first-order valence-corrected chi connectivity index (χ1v) is 15.0. The van der Waals surface area contributed by atoms with Crippen LogP contribution in [0.5, 0.6) is 0 Å². The van der Waals surface area contributed by atoms with E-state index in [1.165, 1.54) is 30.8 Å². The fourth-order valence-corrected chi connectivity index (χ4v) is 6.31. The lowest BCUT2D eigenvalue weighted by atomic mass is 10.00. The Hall–Kier alpha value is -3.93. The number of hydrogen-bond donors (Lipinski definition) is 1. The minimum absolute atomic E-state index is 0.0586. The van der Waals surface area contributed by atoms with Gasteiger partial charge in [0, 0.05) is 61.7 Å². The topological polar surface area (TPSA) is 86.1 Å². The van der Waals surface area contributed by atoms with Crippen LogP contribution >= 0.6 is 0 Å². The number of likely N-dealkylation sites (tertiary alicyclic amines) is 2. The molecule has 9 nitrogen and oxygen atoms in total. The van der Waals surface area contributed by atoms with E-state index in [9.17, 15) is 22.8 Å². The van der Waals surface area contributed by atoms with Gasteiger partial charge in [-0.2, -0.15) is 18.2 Å². The molecule has 12 heteroatoms. The Kier molecular flexibility index (Phi) is 8.38. The number of rotatable bonds is 7. The van der Waals surface area contributed by atoms with E-state index in [-0.39, 0.29) is 12.5 Å². The summed E-state index contributed by atoms with van der Waals surface area (Å²) >= 11 is 0. The van der Waals surface area contributed by atoms with Gasteiger partial charge in [-0.3, -0.25) is 9.59 Å². The van der Waals surface area contributed by atoms with E-state index in [1.807, 2.05) is 47.4 Å². The SMILES string of the molecule is O=C(CCC(F)(F)F)N1CC=C(c2cccn3nc(Nc4ccc(C(=O)N5CCC(N6CCCC6)CC5)cc4)nc23)CC1. The number of pyridine rings is 1. The van der Waals surface area contributed by atoms with Crippen LogP contribution in [0.4, 0.5) is 24.8 Å². The molecule has 3 aliphatic rings. The van der Waals surface area contributed by atoms with Crippen molar-refractivity contribution >= 4 is 34.7 Å². The minimum atomic E-state index is -4.34. The Balaban J connectivity index is 1.07. The molecule has 1 N–H and O–H groups in total. The predicted molar refractivity (Wildman–Crippen MR) is 157 cm³/mol. The molecular weight excluding hydrogens is 559 g/mol. The molecule has 3 aliphatic heterocycles. The number of carbonyl (C=O) groups excluding carboxylic acids is 2. The highest BCUT2D eigenvalue weighted by Crippen LogP contribution is 2.28. The van der Waals surface area contributed by atoms with Crippen molar-refractivity contribution in [3.8, 4) is 0 Å². The second kappa shape index (κ2) is 12.4. The van der Waals surface area contributed by atoms with E-state index in [0.29, 0.717) is 36.2 Å². The van der Waals surface area contributed by atoms with Crippen molar-refractivity contribution in [3.05, 3.63) is 59.8 Å². The fraction of sp³-hybridized carbons (Fsp3) is 0.484. The van der Waals surface area contributed by atoms with Gasteiger partial charge < -0.3 is 20.0 Å². The molecule has 2 saturated heterocycles. The monoisotopic (exact) mass is 595 g/mol. The second-order valence-electron chi connectivity index (χ2n) is 11.5. The van der Waals surface area contributed by atoms with Crippen LogP contribution < -0.4 is 5.32 Å². The van der Waals surface area contributed by atoms with Gasteiger partial charge in [-0.05, 0) is 87.2 Å². The number of hydrogen-bond acceptors (Lipinski definition) is 6. The highest BCUT2D eigenvalue weighted by atomic mass is 19.4. The van der Waals surface area contributed by atoms with Crippen LogP contribution in [0, 0.1) is 0 Å². The van der Waals surface area contributed by atoms with Gasteiger partial charge in [0.25, 0.3) is 5.91 Å². The van der Waals surface area contributed by atoms with E-state index in [2.05, 4.69) is 20.3 Å². The Morgan fingerprint density at radius 2 is 1.70 bits per heavy atom. The number of amides is 2. The standard InChI is InChI=1S/C31H36F3N7O2/c32-31(33,34)14-9-27(42)39-18-10-22(11-19-39)26-4-3-17-41-28(26)36-30(37-41)35-24-7-5-23(6-8-24)29(43)40-20-12-25(13-21-40)38-15-1-2-16-38/h3-8,10,17,25H,1-2,9,11-16,18-21H2,(H,35,37). The molecule has 6 rings (SSSR count). The van der Waals surface area contributed by atoms with Gasteiger partial charge in [0.2, 0.25) is 11.9 Å². The maximum absolute atomic E-state index is 13.1. The Morgan fingerprint density at radius 3 is 2.37 bits per heavy atom. The average molecular weight is 596 g/mol. The van der Waals surface area contributed by atoms with Gasteiger partial charge in [0.05, 0.1) is 6.42 Å². The summed E-state index contributed by atoms with van der Waals surface area (Å²) in [6.07, 6.45) is 2.82. The highest BCUT2D eigenvalue weighted by Gasteiger charge is 2.30. The number of carbonyl (C=O) groups is 2. The van der Waals surface area contributed by atoms with E-state index in [0.717, 1.165) is 42.8 Å². The molecule has 43 heavy (non-hydrogen) atoms. The van der Waals surface area contributed by atoms with Gasteiger partial charge in [-0.15, -0.1) is 5.10 Å². The molecule has 1 aromatic carbocycles. The van der Waals surface area contributed by atoms with Crippen LogP contribution in [0.15, 0.2) is 48.7 Å². The van der Waals surface area contributed by atoms with Crippen molar-refractivity contribution in [2.45, 2.75) is 57.2 Å². The zero-order chi connectivity index (χ0) is 30.0. The summed E-state index contributed by atoms with van der Waals surface area (Å²) in [6.45, 7) is 4.56. The first-order chi connectivity index (χ1) is 20.7. The lowest BCUT2D eigenvalue weighted by Crippen LogP contribution is -2.45. The zero-order valence-electron chi connectivity index (χ0n) is 24.0. The molecule has 0 saturated carbocycles. The second-order valence-corrected chi connectivity index (χ2v) is 11.5. The normalized spacial score (nSPS) is 18.7. The first kappa shape index (κ1) is 29.2. The number of nitrogens with zero attached hydrogens (tertiary/aromatic N) is 6. The van der Waals surface area contributed by atoms with Gasteiger partial charge >= 0.3 is 6.18 Å². The van der Waals surface area contributed by atoms with Gasteiger partial charge in [0.15, 0.2) is 5.65 Å². The Bertz CT molecular complexity index is 1490. The largest absolute Gasteiger partial charge is 0.389 e. The van der Waals surface area contributed by atoms with Crippen molar-refractivity contribution in [2.75, 3.05) is 44.6 Å². The summed E-state index contributed by atoms with van der Waals surface area (Å²) in [5.41, 5.74) is 3.88. The number of anilines is 2. The number of piperidine rings is 1. The number of alkyl halides is 3. The van der Waals surface area contributed by atoms with Crippen LogP contribution in [0.2, 0.25) is 0 Å². The molecule has 0 bridgehead atoms. The molecule has 0 radical (unpaired) electrons. The quantitative estimate of drug-likeness (QED) is 0.408. The third-order valence-corrected chi connectivity index (χ3v) is 8.69. The number of fused-ring (bicyclic) bond motifs is 1. The molecule has 2 fully saturated rings. The molecule has 228 valence electrons. The zero-order valence-corrected chi connectivity index (χ0v) is 24.0. The number of nitrogens with one attached hydrogen (secondary N) is 1. The molecular formula is C31H36F3N7O2. The van der Waals surface area contributed by atoms with Gasteiger partial charge in [-0.1, -0.05) is 6.08 Å². The third-order valence-electron chi connectivity index (χ3n) is 8.69. The van der Waals surface area contributed by atoms with Crippen molar-refractivity contribution < 1.29 is 22.8 Å². The van der Waals surface area contributed by atoms with Crippen molar-refractivity contribution in [3.63, 3.8) is 0 Å². The van der Waals surface area contributed by atoms with E-state index >= 15 is 0 Å². The van der Waals surface area contributed by atoms with Crippen LogP contribution in [-0.2, 0) is 4.79 Å². The molecule has 0 atom stereocenters. The molecule has 0 aliphatic carbocycles. The number of halogens is 3. The van der Waals surface area contributed by atoms with Gasteiger partial charge in [-0.25, -0.2) is 4.52 Å². The molecule has 0 unspecified atom stereocenters. The van der Waals surface area contributed by atoms with Crippen LogP contribution in [0.25, 0.3) is 11.2 Å². The Labute approximate surface area is 248 Å². The lowest BCUT2D eigenvalue weighted by molar-refractivity contribution is -0.148. The first-order valence-electron chi connectivity index (χ1n) is 15.0. The lowest BCUT2D eigenvalue weighted by Gasteiger charge is -2.36. The predicted octanol–water partition coefficient (Wildman–Crippen LogP) is 5.13. The maximum Gasteiger partial charge on any atom is 0.389 e. The van der Waals surface area contributed by atoms with Crippen molar-refractivity contribution in [2.24, 2.45) is 0 Å². The average Bonchev–Trinajstić information content (AvgIpc) is 3.70. The summed E-state index contributed by atoms with van der Waals surface area (Å²) in [5, 5.41) is 7.76. The van der Waals surface area contributed by atoms with E-state index in [1.54, 1.807) is 10.7 Å². The van der Waals surface area contributed by atoms with Crippen molar-refractivity contribution in [1.82, 2.24) is 29.3 Å². The fourth-order valence-electron chi connectivity index (χ4n) is 6.31. The number of aromatic nitrogens is 3. The van der Waals surface area contributed by atoms with Crippen molar-refractivity contribution in [1.29, 1.82) is 0 Å². The van der Waals surface area contributed by atoms with Crippen LogP contribution in [-0.4, -0.2) is 92.6 Å². The van der Waals surface area contributed by atoms with E-state index in [4.69, 9.17) is 0 Å². The highest BCUT2D eigenvalue weighted by molar-refractivity contribution is 5.94. The smallest absolute Gasteiger partial charge is 0.339 e. The summed E-state index contributed by atoms with van der Waals surface area (Å²) in [5.74, 6) is -0.0335. The summed E-state index contributed by atoms with van der Waals surface area (Å²) in [6, 6.07) is 11.7. The van der Waals surface area contributed by atoms with E-state index < -0.39 is 24.9 Å². The Morgan fingerprint density at radius 1 is 0.953 bits per heavy atom. The summed E-state index contributed by atoms with van der Waals surface area (Å²) in [4.78, 5) is 36.0. The van der Waals surface area contributed by atoms with Crippen LogP contribution in [0.1, 0.15) is 60.9 Å². The minimum Gasteiger partial charge on any atom is -0.339 e. The molecule has 3 aromatic rings. The van der Waals surface area contributed by atoms with Gasteiger partial charge in [0.1, 0.15) is 0 Å². The third kappa shape index (κ3) is 6.84. The molecule has 2 aromatic heterocycles. The molecule has 0 spiro atoms. The maximum atomic E-state index is 13.1. The number of benzene rings is 1. The molecule has 2 amide bonds.